The van der Waals surface area contributed by atoms with Crippen LogP contribution in [0.1, 0.15) is 81.6 Å². The van der Waals surface area contributed by atoms with Gasteiger partial charge in [0.05, 0.1) is 18.1 Å². The van der Waals surface area contributed by atoms with Gasteiger partial charge in [-0.25, -0.2) is 0 Å². The third kappa shape index (κ3) is 5.73. The Bertz CT molecular complexity index is 219. The molecule has 0 radical (unpaired) electrons. The van der Waals surface area contributed by atoms with Crippen LogP contribution in [0, 0.1) is 23.0 Å². The first kappa shape index (κ1) is 19.9. The molecule has 0 aliphatic heterocycles. The predicted octanol–water partition coefficient (Wildman–Crippen LogP) is 5.60. The van der Waals surface area contributed by atoms with Gasteiger partial charge in [0.2, 0.25) is 0 Å². The molecule has 0 N–H and O–H groups in total. The fourth-order valence-electron chi connectivity index (χ4n) is 3.84. The van der Waals surface area contributed by atoms with Crippen LogP contribution >= 0.6 is 0 Å². The summed E-state index contributed by atoms with van der Waals surface area (Å²) in [5.41, 5.74) is 0. The second kappa shape index (κ2) is 8.38. The highest BCUT2D eigenvalue weighted by Crippen LogP contribution is 2.32. The van der Waals surface area contributed by atoms with Crippen LogP contribution in [0.5, 0.6) is 0 Å². The quantitative estimate of drug-likeness (QED) is 0.399. The second-order valence-electron chi connectivity index (χ2n) is 8.20. The molecule has 20 heavy (non-hydrogen) atoms. The van der Waals surface area contributed by atoms with Crippen molar-refractivity contribution in [3.63, 3.8) is 0 Å². The smallest absolute Gasteiger partial charge is 0.0865 e. The molecule has 3 unspecified atom stereocenters. The summed E-state index contributed by atoms with van der Waals surface area (Å²) in [6, 6.07) is 0.576. The number of hydroxylamine groups is 3. The lowest BCUT2D eigenvalue weighted by atomic mass is 9.93. The first-order chi connectivity index (χ1) is 9.01. The van der Waals surface area contributed by atoms with Gasteiger partial charge in [0.25, 0.3) is 0 Å². The zero-order chi connectivity index (χ0) is 16.1. The van der Waals surface area contributed by atoms with Crippen molar-refractivity contribution in [3.8, 4) is 0 Å². The van der Waals surface area contributed by atoms with Crippen molar-refractivity contribution in [2.45, 2.75) is 99.7 Å². The molecule has 0 bridgehead atoms. The minimum Gasteiger partial charge on any atom is -0.632 e. The van der Waals surface area contributed by atoms with E-state index in [9.17, 15) is 5.21 Å². The minimum atomic E-state index is -0.00542. The number of hydrogen-bond donors (Lipinski definition) is 0. The molecule has 0 aliphatic carbocycles. The summed E-state index contributed by atoms with van der Waals surface area (Å²) in [7, 11) is 0. The highest BCUT2D eigenvalue weighted by atomic mass is 16.6. The number of quaternary nitrogens is 1. The maximum atomic E-state index is 13.7. The van der Waals surface area contributed by atoms with Gasteiger partial charge in [0.15, 0.2) is 0 Å². The van der Waals surface area contributed by atoms with Gasteiger partial charge in [-0.1, -0.05) is 41.5 Å². The lowest BCUT2D eigenvalue weighted by Crippen LogP contribution is -2.61. The Labute approximate surface area is 128 Å². The Balaban J connectivity index is 5.19. The van der Waals surface area contributed by atoms with Crippen LogP contribution in [0.3, 0.4) is 0 Å². The molecule has 2 nitrogen and oxygen atoms in total. The summed E-state index contributed by atoms with van der Waals surface area (Å²) in [5.74, 6) is 1.77. The number of rotatable bonds is 9. The summed E-state index contributed by atoms with van der Waals surface area (Å²) in [6.45, 7) is 19.8. The molecule has 2 heteroatoms. The molecule has 0 spiro atoms. The van der Waals surface area contributed by atoms with Crippen LogP contribution in [0.25, 0.3) is 0 Å². The van der Waals surface area contributed by atoms with Crippen molar-refractivity contribution < 1.29 is 4.65 Å². The van der Waals surface area contributed by atoms with Crippen molar-refractivity contribution in [2.75, 3.05) is 0 Å². The van der Waals surface area contributed by atoms with E-state index in [1.807, 2.05) is 0 Å². The molecule has 0 saturated carbocycles. The summed E-state index contributed by atoms with van der Waals surface area (Å²) in [6.07, 6.45) is 3.07. The van der Waals surface area contributed by atoms with E-state index in [0.717, 1.165) is 19.3 Å². The van der Waals surface area contributed by atoms with Gasteiger partial charge in [-0.15, -0.1) is 0 Å². The maximum Gasteiger partial charge on any atom is 0.0865 e. The van der Waals surface area contributed by atoms with Crippen LogP contribution < -0.4 is 0 Å². The van der Waals surface area contributed by atoms with Gasteiger partial charge >= 0.3 is 0 Å². The van der Waals surface area contributed by atoms with E-state index in [1.165, 1.54) is 0 Å². The Morgan fingerprint density at radius 1 is 0.550 bits per heavy atom. The lowest BCUT2D eigenvalue weighted by Gasteiger charge is -2.57. The number of hydrogen-bond acceptors (Lipinski definition) is 1. The molecule has 0 fully saturated rings. The zero-order valence-corrected chi connectivity index (χ0v) is 15.4. The highest BCUT2D eigenvalue weighted by molar-refractivity contribution is 4.71. The molecule has 0 rings (SSSR count). The van der Waals surface area contributed by atoms with Crippen molar-refractivity contribution in [3.05, 3.63) is 5.21 Å². The van der Waals surface area contributed by atoms with Gasteiger partial charge in [0, 0.05) is 19.3 Å². The second-order valence-corrected chi connectivity index (χ2v) is 8.20. The third-order valence-electron chi connectivity index (χ3n) is 4.50. The molecule has 3 atom stereocenters. The number of nitrogens with zero attached hydrogens (tertiary/aromatic N) is 1. The minimum absolute atomic E-state index is 0.00542. The first-order valence-corrected chi connectivity index (χ1v) is 8.60. The molecule has 0 heterocycles. The lowest BCUT2D eigenvalue weighted by molar-refractivity contribution is -0.948. The van der Waals surface area contributed by atoms with E-state index in [2.05, 4.69) is 62.3 Å². The summed E-state index contributed by atoms with van der Waals surface area (Å²) in [4.78, 5) is 0. The Kier molecular flexibility index (Phi) is 8.35. The van der Waals surface area contributed by atoms with Crippen LogP contribution in [0.4, 0.5) is 0 Å². The fourth-order valence-corrected chi connectivity index (χ4v) is 3.84. The summed E-state index contributed by atoms with van der Waals surface area (Å²) >= 11 is 0. The standard InChI is InChI=1S/C18H39NO/c1-13(2)10-16(7)19(20,17(8)11-14(3)4)18(9)12-15(5)6/h13-18H,10-12H2,1-9H3. The van der Waals surface area contributed by atoms with E-state index in [-0.39, 0.29) is 22.8 Å². The molecule has 0 amide bonds. The Morgan fingerprint density at radius 2 is 0.750 bits per heavy atom. The molecule has 0 aromatic rings. The average molecular weight is 286 g/mol. The SMILES string of the molecule is CC(C)CC(C)[N+]([O-])(C(C)CC(C)C)C(C)CC(C)C. The maximum absolute atomic E-state index is 13.7. The molecule has 122 valence electrons. The first-order valence-electron chi connectivity index (χ1n) is 8.60. The largest absolute Gasteiger partial charge is 0.632 e. The van der Waals surface area contributed by atoms with E-state index < -0.39 is 0 Å². The van der Waals surface area contributed by atoms with E-state index in [4.69, 9.17) is 0 Å². The molecular weight excluding hydrogens is 246 g/mol. The van der Waals surface area contributed by atoms with Gasteiger partial charge < -0.3 is 9.85 Å². The summed E-state index contributed by atoms with van der Waals surface area (Å²) in [5, 5.41) is 13.7. The predicted molar refractivity (Wildman–Crippen MR) is 90.4 cm³/mol. The average Bonchev–Trinajstić information content (AvgIpc) is 2.24. The van der Waals surface area contributed by atoms with Crippen molar-refractivity contribution >= 4 is 0 Å². The highest BCUT2D eigenvalue weighted by Gasteiger charge is 2.37. The van der Waals surface area contributed by atoms with Crippen LogP contribution in [0.2, 0.25) is 0 Å². The van der Waals surface area contributed by atoms with Gasteiger partial charge in [-0.2, -0.15) is 0 Å². The van der Waals surface area contributed by atoms with Crippen molar-refractivity contribution in [2.24, 2.45) is 17.8 Å². The fraction of sp³-hybridized carbons (Fsp3) is 1.00. The van der Waals surface area contributed by atoms with Gasteiger partial charge in [0.1, 0.15) is 0 Å². The Morgan fingerprint density at radius 3 is 0.900 bits per heavy atom. The van der Waals surface area contributed by atoms with Crippen LogP contribution in [0.15, 0.2) is 0 Å². The molecule has 0 aromatic carbocycles. The monoisotopic (exact) mass is 285 g/mol. The normalized spacial score (nSPS) is 20.2. The zero-order valence-electron chi connectivity index (χ0n) is 15.4. The van der Waals surface area contributed by atoms with Gasteiger partial charge in [-0.05, 0) is 38.5 Å². The van der Waals surface area contributed by atoms with Crippen molar-refractivity contribution in [1.29, 1.82) is 0 Å². The topological polar surface area (TPSA) is 23.1 Å². The van der Waals surface area contributed by atoms with E-state index in [0.29, 0.717) is 17.8 Å². The Hall–Kier alpha value is -0.0800. The third-order valence-corrected chi connectivity index (χ3v) is 4.50. The molecule has 0 saturated heterocycles. The van der Waals surface area contributed by atoms with Crippen molar-refractivity contribution in [1.82, 2.24) is 0 Å². The van der Waals surface area contributed by atoms with E-state index >= 15 is 0 Å². The van der Waals surface area contributed by atoms with Gasteiger partial charge in [-0.3, -0.25) is 0 Å². The molecular formula is C18H39NO. The van der Waals surface area contributed by atoms with Crippen LogP contribution in [-0.2, 0) is 0 Å². The molecule has 0 aromatic heterocycles. The van der Waals surface area contributed by atoms with E-state index in [1.54, 1.807) is 0 Å². The van der Waals surface area contributed by atoms with Crippen LogP contribution in [-0.4, -0.2) is 22.8 Å². The summed E-state index contributed by atoms with van der Waals surface area (Å²) < 4.78 is -0.00542. The molecule has 0 aliphatic rings.